The number of sulfone groups is 1. The highest BCUT2D eigenvalue weighted by Crippen LogP contribution is 2.27. The normalized spacial score (nSPS) is 11.5. The van der Waals surface area contributed by atoms with E-state index in [2.05, 4.69) is 15.9 Å². The summed E-state index contributed by atoms with van der Waals surface area (Å²) >= 11 is 3.18. The molecule has 0 unspecified atom stereocenters. The molecule has 0 saturated carbocycles. The topological polar surface area (TPSA) is 60.2 Å². The number of rotatable bonds is 3. The zero-order valence-corrected chi connectivity index (χ0v) is 12.2. The van der Waals surface area contributed by atoms with Crippen LogP contribution >= 0.6 is 15.9 Å². The molecule has 2 rings (SSSR count). The smallest absolute Gasteiger partial charge is 0.183 e. The van der Waals surface area contributed by atoms with E-state index in [9.17, 15) is 12.8 Å². The van der Waals surface area contributed by atoms with Gasteiger partial charge in [0.1, 0.15) is 5.82 Å². The molecule has 19 heavy (non-hydrogen) atoms. The molecule has 0 atom stereocenters. The van der Waals surface area contributed by atoms with E-state index in [0.717, 1.165) is 0 Å². The predicted octanol–water partition coefficient (Wildman–Crippen LogP) is 3.14. The summed E-state index contributed by atoms with van der Waals surface area (Å²) in [6.07, 6.45) is 0. The number of anilines is 1. The fourth-order valence-electron chi connectivity index (χ4n) is 1.69. The SMILES string of the molecule is Nc1ccc(S(=O)(=O)Cc2cccc(F)c2)c(Br)c1. The summed E-state index contributed by atoms with van der Waals surface area (Å²) in [6.45, 7) is 0. The van der Waals surface area contributed by atoms with Crippen molar-refractivity contribution in [2.24, 2.45) is 0 Å². The third-order valence-corrected chi connectivity index (χ3v) is 5.19. The van der Waals surface area contributed by atoms with Gasteiger partial charge in [0.25, 0.3) is 0 Å². The van der Waals surface area contributed by atoms with E-state index in [1.807, 2.05) is 0 Å². The molecule has 0 aromatic heterocycles. The second-order valence-electron chi connectivity index (χ2n) is 4.08. The van der Waals surface area contributed by atoms with E-state index in [1.54, 1.807) is 6.07 Å². The highest BCUT2D eigenvalue weighted by molar-refractivity contribution is 9.10. The maximum Gasteiger partial charge on any atom is 0.183 e. The molecule has 0 aliphatic carbocycles. The van der Waals surface area contributed by atoms with Gasteiger partial charge in [-0.05, 0) is 51.8 Å². The molecule has 0 bridgehead atoms. The van der Waals surface area contributed by atoms with Crippen LogP contribution in [0.3, 0.4) is 0 Å². The summed E-state index contributed by atoms with van der Waals surface area (Å²) in [4.78, 5) is 0.144. The molecular weight excluding hydrogens is 333 g/mol. The molecule has 0 spiro atoms. The maximum atomic E-state index is 13.1. The monoisotopic (exact) mass is 343 g/mol. The lowest BCUT2D eigenvalue weighted by Crippen LogP contribution is -2.06. The Morgan fingerprint density at radius 3 is 2.53 bits per heavy atom. The summed E-state index contributed by atoms with van der Waals surface area (Å²) in [5.41, 5.74) is 6.44. The fraction of sp³-hybridized carbons (Fsp3) is 0.0769. The molecule has 0 heterocycles. The molecule has 0 fully saturated rings. The number of hydrogen-bond donors (Lipinski definition) is 1. The average Bonchev–Trinajstić information content (AvgIpc) is 2.27. The van der Waals surface area contributed by atoms with Crippen LogP contribution in [0.4, 0.5) is 10.1 Å². The highest BCUT2D eigenvalue weighted by Gasteiger charge is 2.18. The third-order valence-electron chi connectivity index (χ3n) is 2.54. The van der Waals surface area contributed by atoms with Crippen molar-refractivity contribution in [2.45, 2.75) is 10.6 Å². The van der Waals surface area contributed by atoms with Crippen molar-refractivity contribution in [3.63, 3.8) is 0 Å². The van der Waals surface area contributed by atoms with Gasteiger partial charge in [-0.15, -0.1) is 0 Å². The standard InChI is InChI=1S/C13H11BrFNO2S/c14-12-7-11(16)4-5-13(12)19(17,18)8-9-2-1-3-10(15)6-9/h1-7H,8,16H2. The van der Waals surface area contributed by atoms with Gasteiger partial charge in [0, 0.05) is 10.2 Å². The van der Waals surface area contributed by atoms with Crippen molar-refractivity contribution < 1.29 is 12.8 Å². The Morgan fingerprint density at radius 2 is 1.89 bits per heavy atom. The first-order valence-electron chi connectivity index (χ1n) is 5.41. The highest BCUT2D eigenvalue weighted by atomic mass is 79.9. The van der Waals surface area contributed by atoms with E-state index in [0.29, 0.717) is 15.7 Å². The van der Waals surface area contributed by atoms with Gasteiger partial charge in [-0.25, -0.2) is 12.8 Å². The molecule has 0 radical (unpaired) electrons. The predicted molar refractivity (Wildman–Crippen MR) is 75.8 cm³/mol. The number of nitrogens with two attached hydrogens (primary N) is 1. The average molecular weight is 344 g/mol. The molecule has 3 nitrogen and oxygen atoms in total. The Kier molecular flexibility index (Phi) is 3.91. The van der Waals surface area contributed by atoms with Crippen molar-refractivity contribution >= 4 is 31.5 Å². The van der Waals surface area contributed by atoms with Crippen molar-refractivity contribution in [3.05, 3.63) is 58.3 Å². The first-order chi connectivity index (χ1) is 8.88. The molecule has 2 aromatic rings. The molecule has 0 aliphatic heterocycles. The van der Waals surface area contributed by atoms with Gasteiger partial charge in [0.15, 0.2) is 9.84 Å². The summed E-state index contributed by atoms with van der Waals surface area (Å²) in [6, 6.07) is 10.0. The van der Waals surface area contributed by atoms with Gasteiger partial charge < -0.3 is 5.73 Å². The zero-order chi connectivity index (χ0) is 14.0. The minimum Gasteiger partial charge on any atom is -0.399 e. The lowest BCUT2D eigenvalue weighted by molar-refractivity contribution is 0.594. The Bertz CT molecular complexity index is 716. The van der Waals surface area contributed by atoms with Crippen LogP contribution in [0.5, 0.6) is 0 Å². The van der Waals surface area contributed by atoms with E-state index in [4.69, 9.17) is 5.73 Å². The van der Waals surface area contributed by atoms with Gasteiger partial charge in [-0.3, -0.25) is 0 Å². The zero-order valence-electron chi connectivity index (χ0n) is 9.81. The van der Waals surface area contributed by atoms with Crippen molar-refractivity contribution in [2.75, 3.05) is 5.73 Å². The van der Waals surface area contributed by atoms with Crippen molar-refractivity contribution in [1.82, 2.24) is 0 Å². The van der Waals surface area contributed by atoms with Gasteiger partial charge in [-0.2, -0.15) is 0 Å². The van der Waals surface area contributed by atoms with Crippen LogP contribution in [0.15, 0.2) is 51.8 Å². The molecule has 0 aliphatic rings. The van der Waals surface area contributed by atoms with Crippen molar-refractivity contribution in [3.8, 4) is 0 Å². The number of benzene rings is 2. The molecule has 0 amide bonds. The fourth-order valence-corrected chi connectivity index (χ4v) is 4.23. The first-order valence-corrected chi connectivity index (χ1v) is 7.85. The Balaban J connectivity index is 2.38. The quantitative estimate of drug-likeness (QED) is 0.871. The molecular formula is C13H11BrFNO2S. The summed E-state index contributed by atoms with van der Waals surface area (Å²) < 4.78 is 38.0. The Hall–Kier alpha value is -1.40. The van der Waals surface area contributed by atoms with E-state index >= 15 is 0 Å². The lowest BCUT2D eigenvalue weighted by atomic mass is 10.2. The van der Waals surface area contributed by atoms with Crippen LogP contribution in [-0.2, 0) is 15.6 Å². The van der Waals surface area contributed by atoms with E-state index in [1.165, 1.54) is 36.4 Å². The van der Waals surface area contributed by atoms with Crippen LogP contribution < -0.4 is 5.73 Å². The number of nitrogen functional groups attached to an aromatic ring is 1. The second-order valence-corrected chi connectivity index (χ2v) is 6.89. The molecule has 2 aromatic carbocycles. The summed E-state index contributed by atoms with van der Waals surface area (Å²) in [7, 11) is -3.55. The maximum absolute atomic E-state index is 13.1. The Labute approximate surface area is 119 Å². The van der Waals surface area contributed by atoms with E-state index < -0.39 is 15.7 Å². The van der Waals surface area contributed by atoms with Crippen LogP contribution in [-0.4, -0.2) is 8.42 Å². The van der Waals surface area contributed by atoms with Gasteiger partial charge in [0.05, 0.1) is 10.6 Å². The van der Waals surface area contributed by atoms with Crippen LogP contribution in [0.25, 0.3) is 0 Å². The molecule has 2 N–H and O–H groups in total. The Morgan fingerprint density at radius 1 is 1.16 bits per heavy atom. The lowest BCUT2D eigenvalue weighted by Gasteiger charge is -2.07. The minimum atomic E-state index is -3.55. The van der Waals surface area contributed by atoms with Gasteiger partial charge in [-0.1, -0.05) is 12.1 Å². The molecule has 0 saturated heterocycles. The van der Waals surface area contributed by atoms with Crippen LogP contribution in [0.1, 0.15) is 5.56 Å². The van der Waals surface area contributed by atoms with Crippen molar-refractivity contribution in [1.29, 1.82) is 0 Å². The second kappa shape index (κ2) is 5.30. The van der Waals surface area contributed by atoms with Crippen LogP contribution in [0.2, 0.25) is 0 Å². The number of halogens is 2. The minimum absolute atomic E-state index is 0.144. The molecule has 100 valence electrons. The summed E-state index contributed by atoms with van der Waals surface area (Å²) in [5.74, 6) is -0.711. The van der Waals surface area contributed by atoms with Gasteiger partial charge >= 0.3 is 0 Å². The van der Waals surface area contributed by atoms with E-state index in [-0.39, 0.29) is 10.6 Å². The first kappa shape index (κ1) is 14.0. The largest absolute Gasteiger partial charge is 0.399 e. The summed E-state index contributed by atoms with van der Waals surface area (Å²) in [5, 5.41) is 0. The molecule has 6 heteroatoms. The van der Waals surface area contributed by atoms with Crippen LogP contribution in [0, 0.1) is 5.82 Å². The number of hydrogen-bond acceptors (Lipinski definition) is 3. The third kappa shape index (κ3) is 3.33. The van der Waals surface area contributed by atoms with Gasteiger partial charge in [0.2, 0.25) is 0 Å².